The number of ether oxygens (including phenoxy) is 1. The van der Waals surface area contributed by atoms with Crippen LogP contribution in [0, 0.1) is 0 Å². The molecule has 1 aromatic heterocycles. The number of rotatable bonds is 5. The molecule has 0 aromatic carbocycles. The summed E-state index contributed by atoms with van der Waals surface area (Å²) in [6.45, 7) is 5.36. The van der Waals surface area contributed by atoms with Gasteiger partial charge in [0.1, 0.15) is 16.9 Å². The van der Waals surface area contributed by atoms with Gasteiger partial charge in [-0.3, -0.25) is 0 Å². The number of nitrogens with zero attached hydrogens (tertiary/aromatic N) is 2. The largest absolute Gasteiger partial charge is 0.444 e. The summed E-state index contributed by atoms with van der Waals surface area (Å²) in [5.74, 6) is -0.0259. The molecule has 5 N–H and O–H groups in total. The predicted octanol–water partition coefficient (Wildman–Crippen LogP) is 1.02. The van der Waals surface area contributed by atoms with E-state index in [4.69, 9.17) is 22.1 Å². The summed E-state index contributed by atoms with van der Waals surface area (Å²) in [4.78, 5) is 18.8. The first-order valence-corrected chi connectivity index (χ1v) is 7.09. The average molecular weight is 333 g/mol. The van der Waals surface area contributed by atoms with Gasteiger partial charge in [-0.1, -0.05) is 11.6 Å². The molecule has 0 aliphatic heterocycles. The predicted molar refractivity (Wildman–Crippen MR) is 81.3 cm³/mol. The maximum absolute atomic E-state index is 11.4. The number of anilines is 1. The summed E-state index contributed by atoms with van der Waals surface area (Å²) in [5.41, 5.74) is 4.92. The monoisotopic (exact) mass is 332 g/mol. The van der Waals surface area contributed by atoms with Gasteiger partial charge in [-0.05, 0) is 27.2 Å². The third-order valence-electron chi connectivity index (χ3n) is 2.58. The lowest BCUT2D eigenvalue weighted by Gasteiger charge is -2.21. The van der Waals surface area contributed by atoms with E-state index in [-0.39, 0.29) is 29.6 Å². The molecular weight excluding hydrogens is 312 g/mol. The molecule has 0 spiro atoms. The Bertz CT molecular complexity index is 521. The molecule has 0 aliphatic carbocycles. The van der Waals surface area contributed by atoms with Crippen molar-refractivity contribution < 1.29 is 19.7 Å². The molecule has 0 radical (unpaired) electrons. The van der Waals surface area contributed by atoms with Crippen molar-refractivity contribution in [1.82, 2.24) is 15.3 Å². The van der Waals surface area contributed by atoms with Crippen molar-refractivity contribution in [2.45, 2.75) is 45.0 Å². The van der Waals surface area contributed by atoms with E-state index in [0.29, 0.717) is 0 Å². The zero-order valence-electron chi connectivity index (χ0n) is 12.7. The van der Waals surface area contributed by atoms with Crippen molar-refractivity contribution in [2.75, 3.05) is 12.3 Å². The van der Waals surface area contributed by atoms with Gasteiger partial charge in [0.15, 0.2) is 0 Å². The fourth-order valence-corrected chi connectivity index (χ4v) is 1.83. The molecule has 2 unspecified atom stereocenters. The molecule has 2 atom stereocenters. The molecule has 0 aliphatic rings. The molecule has 0 saturated heterocycles. The molecule has 8 nitrogen and oxygen atoms in total. The summed E-state index contributed by atoms with van der Waals surface area (Å²) >= 11 is 5.83. The van der Waals surface area contributed by atoms with E-state index < -0.39 is 23.9 Å². The quantitative estimate of drug-likeness (QED) is 0.592. The molecular formula is C13H21ClN4O4. The molecule has 124 valence electrons. The zero-order valence-corrected chi connectivity index (χ0v) is 13.5. The average Bonchev–Trinajstić information content (AvgIpc) is 2.35. The van der Waals surface area contributed by atoms with Crippen LogP contribution in [0.5, 0.6) is 0 Å². The Kier molecular flexibility index (Phi) is 6.34. The van der Waals surface area contributed by atoms with Crippen molar-refractivity contribution in [3.63, 3.8) is 0 Å². The minimum absolute atomic E-state index is 0.0259. The number of hydrogen-bond acceptors (Lipinski definition) is 7. The van der Waals surface area contributed by atoms with Gasteiger partial charge in [-0.25, -0.2) is 14.8 Å². The Morgan fingerprint density at radius 3 is 2.68 bits per heavy atom. The smallest absolute Gasteiger partial charge is 0.407 e. The van der Waals surface area contributed by atoms with Gasteiger partial charge in [-0.15, -0.1) is 0 Å². The van der Waals surface area contributed by atoms with Crippen molar-refractivity contribution in [2.24, 2.45) is 0 Å². The van der Waals surface area contributed by atoms with Gasteiger partial charge in [-0.2, -0.15) is 0 Å². The van der Waals surface area contributed by atoms with Crippen LogP contribution in [0.3, 0.4) is 0 Å². The van der Waals surface area contributed by atoms with E-state index >= 15 is 0 Å². The van der Waals surface area contributed by atoms with Crippen LogP contribution in [0.4, 0.5) is 10.7 Å². The van der Waals surface area contributed by atoms with Crippen LogP contribution in [0.15, 0.2) is 6.20 Å². The van der Waals surface area contributed by atoms with Crippen molar-refractivity contribution in [3.05, 3.63) is 16.9 Å². The minimum Gasteiger partial charge on any atom is -0.444 e. The number of aliphatic hydroxyl groups is 2. The fraction of sp³-hybridized carbons (Fsp3) is 0.615. The normalized spacial score (nSPS) is 14.3. The summed E-state index contributed by atoms with van der Waals surface area (Å²) in [5, 5.41) is 22.4. The van der Waals surface area contributed by atoms with Crippen LogP contribution < -0.4 is 11.1 Å². The van der Waals surface area contributed by atoms with Gasteiger partial charge in [0, 0.05) is 18.3 Å². The lowest BCUT2D eigenvalue weighted by Crippen LogP contribution is -2.34. The van der Waals surface area contributed by atoms with E-state index in [0.717, 1.165) is 0 Å². The number of amides is 1. The van der Waals surface area contributed by atoms with Crippen LogP contribution in [0.1, 0.15) is 38.9 Å². The first-order chi connectivity index (χ1) is 10.1. The molecule has 1 aromatic rings. The van der Waals surface area contributed by atoms with E-state index in [9.17, 15) is 15.0 Å². The summed E-state index contributed by atoms with van der Waals surface area (Å²) < 4.78 is 5.05. The lowest BCUT2D eigenvalue weighted by molar-refractivity contribution is 0.0120. The Morgan fingerprint density at radius 2 is 2.14 bits per heavy atom. The topological polar surface area (TPSA) is 131 Å². The maximum Gasteiger partial charge on any atom is 0.407 e. The van der Waals surface area contributed by atoms with E-state index in [1.165, 1.54) is 6.20 Å². The van der Waals surface area contributed by atoms with Crippen molar-refractivity contribution in [3.8, 4) is 0 Å². The second-order valence-corrected chi connectivity index (χ2v) is 6.06. The van der Waals surface area contributed by atoms with Gasteiger partial charge in [0.2, 0.25) is 5.95 Å². The Balaban J connectivity index is 2.48. The second-order valence-electron chi connectivity index (χ2n) is 5.70. The zero-order chi connectivity index (χ0) is 16.9. The lowest BCUT2D eigenvalue weighted by atomic mass is 10.1. The highest BCUT2D eigenvalue weighted by Crippen LogP contribution is 2.24. The maximum atomic E-state index is 11.4. The van der Waals surface area contributed by atoms with Gasteiger partial charge < -0.3 is 26.0 Å². The number of nitrogens with one attached hydrogen (secondary N) is 1. The molecule has 22 heavy (non-hydrogen) atoms. The number of nitrogen functional groups attached to an aromatic ring is 1. The third-order valence-corrected chi connectivity index (χ3v) is 2.88. The summed E-state index contributed by atoms with van der Waals surface area (Å²) in [7, 11) is 0. The highest BCUT2D eigenvalue weighted by atomic mass is 35.5. The molecule has 1 heterocycles. The van der Waals surface area contributed by atoms with Crippen molar-refractivity contribution in [1.29, 1.82) is 0 Å². The molecule has 9 heteroatoms. The highest BCUT2D eigenvalue weighted by molar-refractivity contribution is 6.30. The molecule has 1 rings (SSSR count). The number of aliphatic hydroxyl groups excluding tert-OH is 2. The minimum atomic E-state index is -1.28. The van der Waals surface area contributed by atoms with Crippen LogP contribution in [0.2, 0.25) is 5.15 Å². The van der Waals surface area contributed by atoms with Crippen molar-refractivity contribution >= 4 is 23.6 Å². The highest BCUT2D eigenvalue weighted by Gasteiger charge is 2.23. The van der Waals surface area contributed by atoms with Crippen LogP contribution >= 0.6 is 11.6 Å². The molecule has 0 saturated carbocycles. The standard InChI is InChI=1S/C13H21ClN4O4/c1-13(2,3)22-12(21)16-5-4-8(19)9(20)7-6-17-11(15)18-10(7)14/h6,8-9,19-20H,4-5H2,1-3H3,(H,16,21)(H2,15,17,18). The SMILES string of the molecule is CC(C)(C)OC(=O)NCCC(O)C(O)c1cnc(N)nc1Cl. The van der Waals surface area contributed by atoms with Crippen LogP contribution in [0.25, 0.3) is 0 Å². The first-order valence-electron chi connectivity index (χ1n) is 6.71. The summed E-state index contributed by atoms with van der Waals surface area (Å²) in [6.07, 6.45) is -1.68. The number of halogens is 1. The number of nitrogens with two attached hydrogens (primary N) is 1. The van der Waals surface area contributed by atoms with Crippen LogP contribution in [-0.4, -0.2) is 44.5 Å². The molecule has 0 fully saturated rings. The third kappa shape index (κ3) is 6.00. The first kappa shape index (κ1) is 18.4. The van der Waals surface area contributed by atoms with E-state index in [2.05, 4.69) is 15.3 Å². The molecule has 1 amide bonds. The Hall–Kier alpha value is -1.64. The van der Waals surface area contributed by atoms with E-state index in [1.807, 2.05) is 0 Å². The van der Waals surface area contributed by atoms with Gasteiger partial charge in [0.05, 0.1) is 6.10 Å². The van der Waals surface area contributed by atoms with Gasteiger partial charge in [0.25, 0.3) is 0 Å². The van der Waals surface area contributed by atoms with E-state index in [1.54, 1.807) is 20.8 Å². The summed E-state index contributed by atoms with van der Waals surface area (Å²) in [6, 6.07) is 0. The fourth-order valence-electron chi connectivity index (χ4n) is 1.58. The molecule has 0 bridgehead atoms. The van der Waals surface area contributed by atoms with Crippen LogP contribution in [-0.2, 0) is 4.74 Å². The van der Waals surface area contributed by atoms with Gasteiger partial charge >= 0.3 is 6.09 Å². The number of alkyl carbamates (subject to hydrolysis) is 1. The Labute approximate surface area is 133 Å². The number of aromatic nitrogens is 2. The number of hydrogen-bond donors (Lipinski definition) is 4. The number of carbonyl (C=O) groups excluding carboxylic acids is 1. The number of carbonyl (C=O) groups is 1. The second kappa shape index (κ2) is 7.57. The Morgan fingerprint density at radius 1 is 1.50 bits per heavy atom.